The fraction of sp³-hybridized carbons (Fsp3) is 0.250. The molecule has 3 rings (SSSR count). The summed E-state index contributed by atoms with van der Waals surface area (Å²) in [6, 6.07) is 12.3. The van der Waals surface area contributed by atoms with Gasteiger partial charge in [-0.1, -0.05) is 30.3 Å². The summed E-state index contributed by atoms with van der Waals surface area (Å²) in [4.78, 5) is 0. The lowest BCUT2D eigenvalue weighted by Gasteiger charge is -2.14. The molecular weight excluding hydrogens is 244 g/mol. The zero-order chi connectivity index (χ0) is 13.2. The highest BCUT2D eigenvalue weighted by atomic mass is 19.2. The van der Waals surface area contributed by atoms with Gasteiger partial charge in [0.1, 0.15) is 0 Å². The highest BCUT2D eigenvalue weighted by molar-refractivity contribution is 5.65. The number of rotatable bonds is 2. The SMILES string of the molecule is Fc1cc(C2CCCN2)cc(-c2ccccc2)c1F. The highest BCUT2D eigenvalue weighted by Crippen LogP contribution is 2.31. The fourth-order valence-electron chi connectivity index (χ4n) is 2.61. The van der Waals surface area contributed by atoms with Crippen molar-refractivity contribution < 1.29 is 8.78 Å². The van der Waals surface area contributed by atoms with Crippen molar-refractivity contribution in [2.45, 2.75) is 18.9 Å². The van der Waals surface area contributed by atoms with Crippen LogP contribution in [0.15, 0.2) is 42.5 Å². The molecule has 3 heteroatoms. The summed E-state index contributed by atoms with van der Waals surface area (Å²) in [5.74, 6) is -1.54. The Morgan fingerprint density at radius 2 is 1.84 bits per heavy atom. The van der Waals surface area contributed by atoms with Gasteiger partial charge in [-0.15, -0.1) is 0 Å². The van der Waals surface area contributed by atoms with Crippen LogP contribution in [0, 0.1) is 11.6 Å². The van der Waals surface area contributed by atoms with Crippen molar-refractivity contribution in [3.63, 3.8) is 0 Å². The zero-order valence-corrected chi connectivity index (χ0v) is 10.5. The van der Waals surface area contributed by atoms with E-state index in [-0.39, 0.29) is 6.04 Å². The Labute approximate surface area is 111 Å². The van der Waals surface area contributed by atoms with Crippen LogP contribution in [0.1, 0.15) is 24.4 Å². The van der Waals surface area contributed by atoms with Crippen LogP contribution < -0.4 is 5.32 Å². The van der Waals surface area contributed by atoms with E-state index in [1.54, 1.807) is 18.2 Å². The Morgan fingerprint density at radius 3 is 2.53 bits per heavy atom. The summed E-state index contributed by atoms with van der Waals surface area (Å²) in [5, 5.41) is 3.31. The van der Waals surface area contributed by atoms with Crippen LogP contribution in [0.5, 0.6) is 0 Å². The van der Waals surface area contributed by atoms with E-state index in [4.69, 9.17) is 0 Å². The topological polar surface area (TPSA) is 12.0 Å². The molecule has 0 spiro atoms. The third-order valence-electron chi connectivity index (χ3n) is 3.60. The van der Waals surface area contributed by atoms with Crippen LogP contribution in [-0.4, -0.2) is 6.54 Å². The Bertz CT molecular complexity index is 575. The van der Waals surface area contributed by atoms with Crippen LogP contribution >= 0.6 is 0 Å². The molecule has 1 saturated heterocycles. The third-order valence-corrected chi connectivity index (χ3v) is 3.60. The third kappa shape index (κ3) is 2.38. The molecule has 0 aromatic heterocycles. The second-order valence-electron chi connectivity index (χ2n) is 4.88. The summed E-state index contributed by atoms with van der Waals surface area (Å²) < 4.78 is 27.7. The number of nitrogens with one attached hydrogen (secondary N) is 1. The molecule has 0 bridgehead atoms. The maximum absolute atomic E-state index is 14.0. The molecule has 0 saturated carbocycles. The first-order valence-corrected chi connectivity index (χ1v) is 6.53. The van der Waals surface area contributed by atoms with Gasteiger partial charge in [0.2, 0.25) is 0 Å². The second-order valence-corrected chi connectivity index (χ2v) is 4.88. The molecule has 0 radical (unpaired) electrons. The minimum atomic E-state index is -0.773. The number of benzene rings is 2. The molecule has 0 aliphatic carbocycles. The van der Waals surface area contributed by atoms with E-state index in [0.717, 1.165) is 24.9 Å². The lowest BCUT2D eigenvalue weighted by atomic mass is 9.98. The van der Waals surface area contributed by atoms with Crippen molar-refractivity contribution in [3.05, 3.63) is 59.7 Å². The molecule has 1 fully saturated rings. The van der Waals surface area contributed by atoms with Crippen molar-refractivity contribution in [2.75, 3.05) is 6.54 Å². The van der Waals surface area contributed by atoms with E-state index >= 15 is 0 Å². The summed E-state index contributed by atoms with van der Waals surface area (Å²) in [7, 11) is 0. The van der Waals surface area contributed by atoms with Gasteiger partial charge in [0.15, 0.2) is 11.6 Å². The van der Waals surface area contributed by atoms with Gasteiger partial charge in [0.05, 0.1) is 0 Å². The normalized spacial score (nSPS) is 18.7. The summed E-state index contributed by atoms with van der Waals surface area (Å²) >= 11 is 0. The Balaban J connectivity index is 2.08. The smallest absolute Gasteiger partial charge is 0.166 e. The Kier molecular flexibility index (Phi) is 3.30. The van der Waals surface area contributed by atoms with Crippen molar-refractivity contribution in [2.24, 2.45) is 0 Å². The molecule has 2 aromatic rings. The first-order valence-electron chi connectivity index (χ1n) is 6.53. The van der Waals surface area contributed by atoms with E-state index in [1.165, 1.54) is 6.07 Å². The van der Waals surface area contributed by atoms with Gasteiger partial charge in [-0.3, -0.25) is 0 Å². The zero-order valence-electron chi connectivity index (χ0n) is 10.5. The first kappa shape index (κ1) is 12.3. The molecule has 19 heavy (non-hydrogen) atoms. The first-order chi connectivity index (χ1) is 9.25. The minimum absolute atomic E-state index is 0.137. The van der Waals surface area contributed by atoms with Crippen molar-refractivity contribution in [1.29, 1.82) is 0 Å². The average Bonchev–Trinajstić information content (AvgIpc) is 2.97. The maximum Gasteiger partial charge on any atom is 0.166 e. The van der Waals surface area contributed by atoms with Crippen LogP contribution in [-0.2, 0) is 0 Å². The van der Waals surface area contributed by atoms with Gasteiger partial charge in [-0.2, -0.15) is 0 Å². The van der Waals surface area contributed by atoms with Crippen molar-refractivity contribution >= 4 is 0 Å². The molecular formula is C16H15F2N. The molecule has 1 aliphatic rings. The predicted octanol–water partition coefficient (Wildman–Crippen LogP) is 4.06. The predicted molar refractivity (Wildman–Crippen MR) is 71.8 cm³/mol. The summed E-state index contributed by atoms with van der Waals surface area (Å²) in [6.45, 7) is 0.935. The number of halogens is 2. The van der Waals surface area contributed by atoms with Crippen molar-refractivity contribution in [1.82, 2.24) is 5.32 Å². The maximum atomic E-state index is 14.0. The monoisotopic (exact) mass is 259 g/mol. The highest BCUT2D eigenvalue weighted by Gasteiger charge is 2.20. The van der Waals surface area contributed by atoms with Crippen LogP contribution in [0.4, 0.5) is 8.78 Å². The van der Waals surface area contributed by atoms with Gasteiger partial charge in [-0.25, -0.2) is 8.78 Å². The van der Waals surface area contributed by atoms with Crippen LogP contribution in [0.2, 0.25) is 0 Å². The second kappa shape index (κ2) is 5.10. The Hall–Kier alpha value is -1.74. The molecule has 98 valence electrons. The van der Waals surface area contributed by atoms with E-state index < -0.39 is 11.6 Å². The van der Waals surface area contributed by atoms with Gasteiger partial charge < -0.3 is 5.32 Å². The number of hydrogen-bond donors (Lipinski definition) is 1. The van der Waals surface area contributed by atoms with Crippen LogP contribution in [0.25, 0.3) is 11.1 Å². The van der Waals surface area contributed by atoms with Gasteiger partial charge in [0, 0.05) is 11.6 Å². The summed E-state index contributed by atoms with van der Waals surface area (Å²) in [6.07, 6.45) is 2.05. The standard InChI is InChI=1S/C16H15F2N/c17-14-10-12(15-7-4-8-19-15)9-13(16(14)18)11-5-2-1-3-6-11/h1-3,5-6,9-10,15,19H,4,7-8H2. The molecule has 1 atom stereocenters. The summed E-state index contributed by atoms with van der Waals surface area (Å²) in [5.41, 5.74) is 1.87. The molecule has 1 N–H and O–H groups in total. The lowest BCUT2D eigenvalue weighted by Crippen LogP contribution is -2.13. The number of hydrogen-bond acceptors (Lipinski definition) is 1. The Morgan fingerprint density at radius 1 is 1.05 bits per heavy atom. The average molecular weight is 259 g/mol. The fourth-order valence-corrected chi connectivity index (χ4v) is 2.61. The van der Waals surface area contributed by atoms with E-state index in [2.05, 4.69) is 5.32 Å². The largest absolute Gasteiger partial charge is 0.310 e. The molecule has 1 aliphatic heterocycles. The van der Waals surface area contributed by atoms with E-state index in [9.17, 15) is 8.78 Å². The van der Waals surface area contributed by atoms with Gasteiger partial charge in [-0.05, 0) is 42.6 Å². The molecule has 1 unspecified atom stereocenters. The van der Waals surface area contributed by atoms with Gasteiger partial charge >= 0.3 is 0 Å². The minimum Gasteiger partial charge on any atom is -0.310 e. The molecule has 0 amide bonds. The lowest BCUT2D eigenvalue weighted by molar-refractivity contribution is 0.506. The van der Waals surface area contributed by atoms with Gasteiger partial charge in [0.25, 0.3) is 0 Å². The van der Waals surface area contributed by atoms with Crippen molar-refractivity contribution in [3.8, 4) is 11.1 Å². The molecule has 2 aromatic carbocycles. The molecule has 1 heterocycles. The quantitative estimate of drug-likeness (QED) is 0.857. The van der Waals surface area contributed by atoms with Crippen LogP contribution in [0.3, 0.4) is 0 Å². The van der Waals surface area contributed by atoms with E-state index in [0.29, 0.717) is 11.1 Å². The van der Waals surface area contributed by atoms with E-state index in [1.807, 2.05) is 18.2 Å². The molecule has 1 nitrogen and oxygen atoms in total.